The zero-order valence-corrected chi connectivity index (χ0v) is 19.9. The summed E-state index contributed by atoms with van der Waals surface area (Å²) in [6, 6.07) is 12.5. The molecule has 31 heavy (non-hydrogen) atoms. The van der Waals surface area contributed by atoms with E-state index in [4.69, 9.17) is 31.6 Å². The first-order valence-electron chi connectivity index (χ1n) is 8.91. The van der Waals surface area contributed by atoms with E-state index in [0.29, 0.717) is 26.7 Å². The predicted octanol–water partition coefficient (Wildman–Crippen LogP) is 5.45. The summed E-state index contributed by atoms with van der Waals surface area (Å²) in [4.78, 5) is -0.0946. The van der Waals surface area contributed by atoms with Crippen LogP contribution in [0.1, 0.15) is 16.7 Å². The maximum atomic E-state index is 12.6. The Morgan fingerprint density at radius 3 is 1.55 bits per heavy atom. The Morgan fingerprint density at radius 1 is 0.613 bits per heavy atom. The predicted molar refractivity (Wildman–Crippen MR) is 119 cm³/mol. The third-order valence-corrected chi connectivity index (χ3v) is 7.71. The molecule has 0 heterocycles. The molecule has 0 aliphatic rings. The number of benzene rings is 3. The highest BCUT2D eigenvalue weighted by atomic mass is 35.5. The van der Waals surface area contributed by atoms with E-state index in [0.717, 1.165) is 0 Å². The molecule has 0 atom stereocenters. The van der Waals surface area contributed by atoms with Gasteiger partial charge in [0, 0.05) is 10.0 Å². The molecule has 3 aromatic carbocycles. The fraction of sp³-hybridized carbons (Fsp3) is 0.143. The fourth-order valence-electron chi connectivity index (χ4n) is 2.65. The van der Waals surface area contributed by atoms with Gasteiger partial charge in [0.25, 0.3) is 0 Å². The van der Waals surface area contributed by atoms with Crippen LogP contribution in [-0.2, 0) is 20.2 Å². The first kappa shape index (κ1) is 23.4. The number of halogens is 2. The standard InChI is InChI=1S/C21H18Cl2O6S2/c1-13-11-17(5-7-19(13)22)30(24,25)28-16-4-9-21(15(3)10-16)29-31(26,27)18-6-8-20(23)14(2)12-18/h4-12H,1-3H3. The van der Waals surface area contributed by atoms with E-state index in [1.165, 1.54) is 54.6 Å². The molecule has 6 nitrogen and oxygen atoms in total. The highest BCUT2D eigenvalue weighted by molar-refractivity contribution is 7.87. The number of aryl methyl sites for hydroxylation is 3. The topological polar surface area (TPSA) is 86.7 Å². The SMILES string of the molecule is Cc1cc(S(=O)(=O)Oc2ccc(OS(=O)(=O)c3ccc(Cl)c(C)c3)c(C)c2)ccc1Cl. The minimum Gasteiger partial charge on any atom is -0.379 e. The van der Waals surface area contributed by atoms with Crippen LogP contribution in [0, 0.1) is 20.8 Å². The smallest absolute Gasteiger partial charge is 0.339 e. The van der Waals surface area contributed by atoms with Gasteiger partial charge in [-0.25, -0.2) is 0 Å². The minimum absolute atomic E-state index is 0.0113. The van der Waals surface area contributed by atoms with Crippen molar-refractivity contribution >= 4 is 43.4 Å². The lowest BCUT2D eigenvalue weighted by molar-refractivity contribution is 0.476. The molecule has 3 aromatic rings. The molecule has 0 N–H and O–H groups in total. The summed E-state index contributed by atoms with van der Waals surface area (Å²) in [5.74, 6) is 0.0527. The average molecular weight is 501 g/mol. The van der Waals surface area contributed by atoms with Crippen LogP contribution in [0.5, 0.6) is 11.5 Å². The first-order chi connectivity index (χ1) is 14.4. The third kappa shape index (κ3) is 5.33. The molecule has 10 heteroatoms. The van der Waals surface area contributed by atoms with Gasteiger partial charge in [-0.2, -0.15) is 16.8 Å². The number of rotatable bonds is 6. The number of hydrogen-bond acceptors (Lipinski definition) is 6. The van der Waals surface area contributed by atoms with Gasteiger partial charge < -0.3 is 8.37 Å². The quantitative estimate of drug-likeness (QED) is 0.418. The van der Waals surface area contributed by atoms with Crippen LogP contribution in [-0.4, -0.2) is 16.8 Å². The van der Waals surface area contributed by atoms with Crippen molar-refractivity contribution in [3.63, 3.8) is 0 Å². The normalized spacial score (nSPS) is 11.9. The molecule has 0 fully saturated rings. The minimum atomic E-state index is -4.11. The molecule has 0 aromatic heterocycles. The summed E-state index contributed by atoms with van der Waals surface area (Å²) >= 11 is 11.9. The van der Waals surface area contributed by atoms with Crippen molar-refractivity contribution < 1.29 is 25.2 Å². The highest BCUT2D eigenvalue weighted by Gasteiger charge is 2.21. The van der Waals surface area contributed by atoms with Crippen molar-refractivity contribution in [3.05, 3.63) is 81.3 Å². The summed E-state index contributed by atoms with van der Waals surface area (Å²) in [5, 5.41) is 0.877. The van der Waals surface area contributed by atoms with Crippen molar-refractivity contribution in [1.29, 1.82) is 0 Å². The number of hydrogen-bond donors (Lipinski definition) is 0. The molecule has 0 radical (unpaired) electrons. The van der Waals surface area contributed by atoms with Crippen molar-refractivity contribution in [2.24, 2.45) is 0 Å². The van der Waals surface area contributed by atoms with E-state index >= 15 is 0 Å². The fourth-order valence-corrected chi connectivity index (χ4v) is 4.97. The summed E-state index contributed by atoms with van der Waals surface area (Å²) in [7, 11) is -8.20. The van der Waals surface area contributed by atoms with Crippen LogP contribution in [0.2, 0.25) is 10.0 Å². The van der Waals surface area contributed by atoms with Crippen LogP contribution in [0.25, 0.3) is 0 Å². The lowest BCUT2D eigenvalue weighted by Crippen LogP contribution is -2.12. The van der Waals surface area contributed by atoms with Crippen molar-refractivity contribution in [2.75, 3.05) is 0 Å². The highest BCUT2D eigenvalue weighted by Crippen LogP contribution is 2.29. The molecule has 164 valence electrons. The molecule has 0 unspecified atom stereocenters. The van der Waals surface area contributed by atoms with Crippen LogP contribution >= 0.6 is 23.2 Å². The second kappa shape index (κ2) is 8.70. The summed E-state index contributed by atoms with van der Waals surface area (Å²) in [5.41, 5.74) is 1.55. The molecule has 0 amide bonds. The Hall–Kier alpha value is -2.26. The van der Waals surface area contributed by atoms with E-state index in [1.807, 2.05) is 0 Å². The lowest BCUT2D eigenvalue weighted by atomic mass is 10.2. The Labute approximate surface area is 191 Å². The Kier molecular flexibility index (Phi) is 6.57. The van der Waals surface area contributed by atoms with Gasteiger partial charge in [-0.05, 0) is 92.1 Å². The van der Waals surface area contributed by atoms with Crippen molar-refractivity contribution in [1.82, 2.24) is 0 Å². The Balaban J connectivity index is 1.84. The first-order valence-corrected chi connectivity index (χ1v) is 12.5. The molecule has 0 saturated heterocycles. The summed E-state index contributed by atoms with van der Waals surface area (Å²) in [6.45, 7) is 4.94. The van der Waals surface area contributed by atoms with Gasteiger partial charge in [0.2, 0.25) is 0 Å². The summed E-state index contributed by atoms with van der Waals surface area (Å²) < 4.78 is 60.6. The van der Waals surface area contributed by atoms with Crippen molar-refractivity contribution in [3.8, 4) is 11.5 Å². The zero-order chi connectivity index (χ0) is 23.0. The average Bonchev–Trinajstić information content (AvgIpc) is 2.67. The van der Waals surface area contributed by atoms with Crippen LogP contribution in [0.4, 0.5) is 0 Å². The monoisotopic (exact) mass is 500 g/mol. The van der Waals surface area contributed by atoms with Gasteiger partial charge in [0.1, 0.15) is 21.3 Å². The summed E-state index contributed by atoms with van der Waals surface area (Å²) in [6.07, 6.45) is 0. The van der Waals surface area contributed by atoms with Crippen LogP contribution in [0.3, 0.4) is 0 Å². The molecular weight excluding hydrogens is 483 g/mol. The van der Waals surface area contributed by atoms with E-state index in [2.05, 4.69) is 0 Å². The second-order valence-corrected chi connectivity index (χ2v) is 10.7. The van der Waals surface area contributed by atoms with Crippen LogP contribution < -0.4 is 8.37 Å². The lowest BCUT2D eigenvalue weighted by Gasteiger charge is -2.12. The van der Waals surface area contributed by atoms with Gasteiger partial charge in [0.15, 0.2) is 0 Å². The third-order valence-electron chi connectivity index (χ3n) is 4.39. The van der Waals surface area contributed by atoms with Crippen molar-refractivity contribution in [2.45, 2.75) is 30.6 Å². The van der Waals surface area contributed by atoms with E-state index in [1.54, 1.807) is 20.8 Å². The van der Waals surface area contributed by atoms with E-state index < -0.39 is 20.2 Å². The maximum absolute atomic E-state index is 12.6. The second-order valence-electron chi connectivity index (χ2n) is 6.82. The van der Waals surface area contributed by atoms with Gasteiger partial charge in [-0.1, -0.05) is 23.2 Å². The van der Waals surface area contributed by atoms with E-state index in [-0.39, 0.29) is 21.3 Å². The zero-order valence-electron chi connectivity index (χ0n) is 16.7. The maximum Gasteiger partial charge on any atom is 0.339 e. The molecule has 0 aliphatic carbocycles. The molecular formula is C21H18Cl2O6S2. The van der Waals surface area contributed by atoms with Gasteiger partial charge in [-0.15, -0.1) is 0 Å². The molecule has 0 spiro atoms. The van der Waals surface area contributed by atoms with Crippen LogP contribution in [0.15, 0.2) is 64.4 Å². The largest absolute Gasteiger partial charge is 0.379 e. The Bertz CT molecular complexity index is 1370. The van der Waals surface area contributed by atoms with Gasteiger partial charge in [-0.3, -0.25) is 0 Å². The molecule has 0 saturated carbocycles. The van der Waals surface area contributed by atoms with E-state index in [9.17, 15) is 16.8 Å². The van der Waals surface area contributed by atoms with Gasteiger partial charge in [0.05, 0.1) is 0 Å². The molecule has 3 rings (SSSR count). The Morgan fingerprint density at radius 2 is 1.10 bits per heavy atom. The molecule has 0 aliphatic heterocycles. The van der Waals surface area contributed by atoms with Gasteiger partial charge >= 0.3 is 20.2 Å². The molecule has 0 bridgehead atoms.